The van der Waals surface area contributed by atoms with E-state index in [-0.39, 0.29) is 17.4 Å². The molecule has 1 aliphatic rings. The van der Waals surface area contributed by atoms with Gasteiger partial charge in [-0.15, -0.1) is 0 Å². The number of carbonyl (C=O) groups excluding carboxylic acids is 3. The first kappa shape index (κ1) is 33.5. The van der Waals surface area contributed by atoms with Gasteiger partial charge in [0, 0.05) is 13.1 Å². The van der Waals surface area contributed by atoms with Gasteiger partial charge < -0.3 is 19.7 Å². The molecule has 8 nitrogen and oxygen atoms in total. The van der Waals surface area contributed by atoms with Crippen molar-refractivity contribution in [1.82, 2.24) is 15.5 Å². The van der Waals surface area contributed by atoms with Gasteiger partial charge in [0.1, 0.15) is 11.8 Å². The lowest BCUT2D eigenvalue weighted by molar-refractivity contribution is -0.147. The van der Waals surface area contributed by atoms with Crippen LogP contribution in [0.1, 0.15) is 108 Å². The fourth-order valence-corrected chi connectivity index (χ4v) is 4.89. The minimum Gasteiger partial charge on any atom is -0.493 e. The van der Waals surface area contributed by atoms with Crippen LogP contribution < -0.4 is 15.4 Å². The summed E-state index contributed by atoms with van der Waals surface area (Å²) in [5.41, 5.74) is 0.363. The molecular formula is C31H49N3O5S. The molecule has 0 radical (unpaired) electrons. The van der Waals surface area contributed by atoms with E-state index in [4.69, 9.17) is 21.7 Å². The summed E-state index contributed by atoms with van der Waals surface area (Å²) in [4.78, 5) is 39.8. The average molecular weight is 576 g/mol. The van der Waals surface area contributed by atoms with Crippen molar-refractivity contribution in [2.45, 2.75) is 104 Å². The van der Waals surface area contributed by atoms with Gasteiger partial charge in [0.25, 0.3) is 5.91 Å². The highest BCUT2D eigenvalue weighted by Crippen LogP contribution is 2.19. The summed E-state index contributed by atoms with van der Waals surface area (Å²) in [7, 11) is 0. The Morgan fingerprint density at radius 1 is 1.02 bits per heavy atom. The largest absolute Gasteiger partial charge is 0.493 e. The van der Waals surface area contributed by atoms with E-state index in [1.54, 1.807) is 23.1 Å². The van der Waals surface area contributed by atoms with Crippen molar-refractivity contribution in [2.75, 3.05) is 26.3 Å². The maximum absolute atomic E-state index is 13.1. The number of thiocarbonyl (C=S) groups is 1. The topological polar surface area (TPSA) is 97.0 Å². The number of rotatable bonds is 18. The second-order valence-corrected chi connectivity index (χ2v) is 11.3. The molecule has 0 aliphatic carbocycles. The van der Waals surface area contributed by atoms with Crippen LogP contribution in [0, 0.1) is 5.92 Å². The quantitative estimate of drug-likeness (QED) is 0.130. The predicted molar refractivity (Wildman–Crippen MR) is 162 cm³/mol. The number of nitrogens with one attached hydrogen (secondary N) is 2. The summed E-state index contributed by atoms with van der Waals surface area (Å²) in [6.07, 6.45) is 12.8. The highest BCUT2D eigenvalue weighted by atomic mass is 32.1. The van der Waals surface area contributed by atoms with Gasteiger partial charge in [-0.1, -0.05) is 90.7 Å². The first-order chi connectivity index (χ1) is 19.3. The lowest BCUT2D eigenvalue weighted by Crippen LogP contribution is -2.60. The monoisotopic (exact) mass is 575 g/mol. The van der Waals surface area contributed by atoms with Gasteiger partial charge in [-0.3, -0.25) is 19.7 Å². The lowest BCUT2D eigenvalue weighted by atomic mass is 10.1. The maximum atomic E-state index is 13.1. The fraction of sp³-hybridized carbons (Fsp3) is 0.677. The fourth-order valence-electron chi connectivity index (χ4n) is 4.57. The molecule has 0 spiro atoms. The molecule has 1 saturated heterocycles. The number of unbranched alkanes of at least 4 members (excludes halogenated alkanes) is 9. The molecule has 2 N–H and O–H groups in total. The van der Waals surface area contributed by atoms with Crippen molar-refractivity contribution in [1.29, 1.82) is 0 Å². The normalized spacial score (nSPS) is 15.1. The van der Waals surface area contributed by atoms with Gasteiger partial charge in [0.15, 0.2) is 5.11 Å². The number of piperazine rings is 1. The van der Waals surface area contributed by atoms with Gasteiger partial charge in [-0.2, -0.15) is 0 Å². The number of para-hydroxylation sites is 1. The Morgan fingerprint density at radius 3 is 2.35 bits per heavy atom. The molecule has 1 fully saturated rings. The SMILES string of the molecule is CCCCCCCCCCCCOC(=O)CC1C(=O)NCCN1C(=S)NC(=O)c1ccccc1OCCC(C)C. The number of nitrogens with zero attached hydrogens (tertiary/aromatic N) is 1. The Labute approximate surface area is 245 Å². The van der Waals surface area contributed by atoms with Crippen LogP contribution in [-0.4, -0.2) is 60.1 Å². The molecule has 1 heterocycles. The van der Waals surface area contributed by atoms with Crippen molar-refractivity contribution in [3.63, 3.8) is 0 Å². The zero-order valence-corrected chi connectivity index (χ0v) is 25.5. The Balaban J connectivity index is 1.79. The number of hydrogen-bond donors (Lipinski definition) is 2. The molecule has 9 heteroatoms. The number of benzene rings is 1. The third kappa shape index (κ3) is 12.7. The Hall–Kier alpha value is -2.68. The third-order valence-corrected chi connectivity index (χ3v) is 7.35. The van der Waals surface area contributed by atoms with Gasteiger partial charge in [0.05, 0.1) is 25.2 Å². The third-order valence-electron chi connectivity index (χ3n) is 7.02. The molecule has 0 aromatic heterocycles. The standard InChI is InChI=1S/C31H49N3O5S/c1-4-5-6-7-8-9-10-11-12-15-21-39-28(35)23-26-30(37)32-19-20-34(26)31(40)33-29(36)25-16-13-14-17-27(25)38-22-18-24(2)3/h13-14,16-17,24,26H,4-12,15,18-23H2,1-3H3,(H,32,37)(H,33,36,40). The van der Waals surface area contributed by atoms with Crippen molar-refractivity contribution < 1.29 is 23.9 Å². The first-order valence-corrected chi connectivity index (χ1v) is 15.5. The summed E-state index contributed by atoms with van der Waals surface area (Å²) < 4.78 is 11.3. The summed E-state index contributed by atoms with van der Waals surface area (Å²) in [6, 6.07) is 6.16. The minimum absolute atomic E-state index is 0.101. The van der Waals surface area contributed by atoms with E-state index >= 15 is 0 Å². The second-order valence-electron chi connectivity index (χ2n) is 10.9. The molecule has 2 amide bonds. The number of carbonyl (C=O) groups is 3. The van der Waals surface area contributed by atoms with Crippen molar-refractivity contribution in [2.24, 2.45) is 5.92 Å². The molecular weight excluding hydrogens is 526 g/mol. The van der Waals surface area contributed by atoms with Crippen LogP contribution in [0.15, 0.2) is 24.3 Å². The summed E-state index contributed by atoms with van der Waals surface area (Å²) in [6.45, 7) is 8.05. The van der Waals surface area contributed by atoms with E-state index in [0.717, 1.165) is 25.7 Å². The number of hydrogen-bond acceptors (Lipinski definition) is 6. The molecule has 224 valence electrons. The van der Waals surface area contributed by atoms with E-state index in [1.165, 1.54) is 44.9 Å². The molecule has 1 unspecified atom stereocenters. The lowest BCUT2D eigenvalue weighted by Gasteiger charge is -2.36. The van der Waals surface area contributed by atoms with E-state index in [9.17, 15) is 14.4 Å². The van der Waals surface area contributed by atoms with Crippen molar-refractivity contribution in [3.8, 4) is 5.75 Å². The molecule has 1 aromatic rings. The Kier molecular flexibility index (Phi) is 16.3. The van der Waals surface area contributed by atoms with E-state index < -0.39 is 17.9 Å². The number of ether oxygens (including phenoxy) is 2. The van der Waals surface area contributed by atoms with Crippen LogP contribution >= 0.6 is 12.2 Å². The molecule has 1 aromatic carbocycles. The Bertz CT molecular complexity index is 939. The zero-order chi connectivity index (χ0) is 29.2. The van der Waals surface area contributed by atoms with Crippen LogP contribution in [0.25, 0.3) is 0 Å². The van der Waals surface area contributed by atoms with Crippen LogP contribution in [0.3, 0.4) is 0 Å². The maximum Gasteiger partial charge on any atom is 0.308 e. The Morgan fingerprint density at radius 2 is 1.68 bits per heavy atom. The molecule has 2 rings (SSSR count). The van der Waals surface area contributed by atoms with Gasteiger partial charge >= 0.3 is 5.97 Å². The predicted octanol–water partition coefficient (Wildman–Crippen LogP) is 5.78. The molecule has 1 atom stereocenters. The second kappa shape index (κ2) is 19.4. The number of amides is 2. The first-order valence-electron chi connectivity index (χ1n) is 15.1. The zero-order valence-electron chi connectivity index (χ0n) is 24.7. The smallest absolute Gasteiger partial charge is 0.308 e. The highest BCUT2D eigenvalue weighted by molar-refractivity contribution is 7.80. The average Bonchev–Trinajstić information content (AvgIpc) is 2.92. The molecule has 1 aliphatic heterocycles. The van der Waals surface area contributed by atoms with E-state index in [0.29, 0.717) is 43.5 Å². The summed E-state index contributed by atoms with van der Waals surface area (Å²) >= 11 is 5.51. The number of esters is 1. The van der Waals surface area contributed by atoms with Crippen LogP contribution in [0.4, 0.5) is 0 Å². The molecule has 0 bridgehead atoms. The summed E-state index contributed by atoms with van der Waals surface area (Å²) in [5, 5.41) is 5.61. The molecule has 0 saturated carbocycles. The molecule has 40 heavy (non-hydrogen) atoms. The highest BCUT2D eigenvalue weighted by Gasteiger charge is 2.34. The van der Waals surface area contributed by atoms with Crippen LogP contribution in [-0.2, 0) is 14.3 Å². The van der Waals surface area contributed by atoms with Crippen LogP contribution in [0.2, 0.25) is 0 Å². The van der Waals surface area contributed by atoms with E-state index in [1.807, 2.05) is 6.07 Å². The minimum atomic E-state index is -0.834. The van der Waals surface area contributed by atoms with Crippen molar-refractivity contribution >= 4 is 35.1 Å². The van der Waals surface area contributed by atoms with Gasteiger partial charge in [-0.25, -0.2) is 0 Å². The van der Waals surface area contributed by atoms with Crippen molar-refractivity contribution in [3.05, 3.63) is 29.8 Å². The summed E-state index contributed by atoms with van der Waals surface area (Å²) in [5.74, 6) is -0.208. The van der Waals surface area contributed by atoms with Gasteiger partial charge in [-0.05, 0) is 43.1 Å². The van der Waals surface area contributed by atoms with Crippen LogP contribution in [0.5, 0.6) is 5.75 Å². The van der Waals surface area contributed by atoms with Gasteiger partial charge in [0.2, 0.25) is 5.91 Å². The van der Waals surface area contributed by atoms with E-state index in [2.05, 4.69) is 31.4 Å².